The molecule has 0 amide bonds. The second-order valence-corrected chi connectivity index (χ2v) is 6.24. The maximum atomic E-state index is 12.7. The number of carbonyl (C=O) groups excluding carboxylic acids is 1. The molecule has 0 aliphatic heterocycles. The van der Waals surface area contributed by atoms with Crippen LogP contribution in [0.4, 0.5) is 0 Å². The first kappa shape index (κ1) is 15.3. The zero-order valence-corrected chi connectivity index (χ0v) is 14.1. The number of imidazole rings is 1. The summed E-state index contributed by atoms with van der Waals surface area (Å²) in [7, 11) is 0. The zero-order valence-electron chi connectivity index (χ0n) is 14.1. The van der Waals surface area contributed by atoms with E-state index in [1.54, 1.807) is 15.0 Å². The molecule has 0 spiro atoms. The van der Waals surface area contributed by atoms with Gasteiger partial charge in [-0.1, -0.05) is 42.0 Å². The second-order valence-electron chi connectivity index (χ2n) is 6.24. The number of aryl methyl sites for hydroxylation is 2. The lowest BCUT2D eigenvalue weighted by Gasteiger charge is -2.11. The number of ketones is 1. The van der Waals surface area contributed by atoms with Crippen LogP contribution in [0.15, 0.2) is 59.4 Å². The molecule has 0 radical (unpaired) electrons. The van der Waals surface area contributed by atoms with E-state index >= 15 is 0 Å². The highest BCUT2D eigenvalue weighted by molar-refractivity contribution is 5.96. The fraction of sp³-hybridized carbons (Fsp3) is 0.150. The fourth-order valence-electron chi connectivity index (χ4n) is 3.06. The molecule has 4 rings (SSSR count). The monoisotopic (exact) mass is 331 g/mol. The predicted octanol–water partition coefficient (Wildman–Crippen LogP) is 3.15. The van der Waals surface area contributed by atoms with E-state index < -0.39 is 0 Å². The second kappa shape index (κ2) is 5.70. The van der Waals surface area contributed by atoms with Crippen molar-refractivity contribution in [1.82, 2.24) is 14.0 Å². The van der Waals surface area contributed by atoms with Gasteiger partial charge < -0.3 is 4.57 Å². The van der Waals surface area contributed by atoms with Gasteiger partial charge in [-0.15, -0.1) is 0 Å². The Morgan fingerprint density at radius 1 is 1.04 bits per heavy atom. The minimum atomic E-state index is -0.139. The molecule has 0 bridgehead atoms. The maximum Gasteiger partial charge on any atom is 0.259 e. The molecule has 0 saturated carbocycles. The quantitative estimate of drug-likeness (QED) is 0.542. The Kier molecular flexibility index (Phi) is 3.50. The van der Waals surface area contributed by atoms with Crippen molar-refractivity contribution in [3.8, 4) is 0 Å². The first-order chi connectivity index (χ1) is 12.0. The predicted molar refractivity (Wildman–Crippen MR) is 97.2 cm³/mol. The van der Waals surface area contributed by atoms with Crippen LogP contribution < -0.4 is 5.56 Å². The molecule has 0 atom stereocenters. The van der Waals surface area contributed by atoms with E-state index in [1.165, 1.54) is 0 Å². The number of para-hydroxylation sites is 2. The van der Waals surface area contributed by atoms with Crippen molar-refractivity contribution in [2.75, 3.05) is 0 Å². The SMILES string of the molecule is Cc1ccc(C(=O)Cn2c(C)cc(=O)n3c4ccccc4nc23)cc1. The summed E-state index contributed by atoms with van der Waals surface area (Å²) in [6.07, 6.45) is 0. The molecule has 2 heterocycles. The van der Waals surface area contributed by atoms with Gasteiger partial charge in [0.15, 0.2) is 5.78 Å². The van der Waals surface area contributed by atoms with E-state index in [-0.39, 0.29) is 17.9 Å². The number of benzene rings is 2. The van der Waals surface area contributed by atoms with Gasteiger partial charge in [-0.05, 0) is 26.0 Å². The van der Waals surface area contributed by atoms with E-state index in [9.17, 15) is 9.59 Å². The molecular formula is C20H17N3O2. The van der Waals surface area contributed by atoms with Crippen molar-refractivity contribution >= 4 is 22.6 Å². The van der Waals surface area contributed by atoms with Crippen LogP contribution in [-0.4, -0.2) is 19.7 Å². The molecule has 0 saturated heterocycles. The van der Waals surface area contributed by atoms with Crippen LogP contribution in [0.3, 0.4) is 0 Å². The average Bonchev–Trinajstić information content (AvgIpc) is 2.99. The number of hydrogen-bond donors (Lipinski definition) is 0. The Labute approximate surface area is 144 Å². The van der Waals surface area contributed by atoms with Crippen LogP contribution in [-0.2, 0) is 6.54 Å². The van der Waals surface area contributed by atoms with Crippen LogP contribution in [0, 0.1) is 13.8 Å². The molecule has 0 aliphatic rings. The Bertz CT molecular complexity index is 1170. The van der Waals surface area contributed by atoms with Gasteiger partial charge in [0.2, 0.25) is 5.78 Å². The summed E-state index contributed by atoms with van der Waals surface area (Å²) in [6.45, 7) is 3.95. The summed E-state index contributed by atoms with van der Waals surface area (Å²) < 4.78 is 3.36. The third-order valence-electron chi connectivity index (χ3n) is 4.44. The Morgan fingerprint density at radius 2 is 1.76 bits per heavy atom. The van der Waals surface area contributed by atoms with Crippen molar-refractivity contribution in [2.45, 2.75) is 20.4 Å². The minimum Gasteiger partial charge on any atom is -0.308 e. The molecule has 5 heteroatoms. The lowest BCUT2D eigenvalue weighted by molar-refractivity contribution is 0.0972. The number of nitrogens with zero attached hydrogens (tertiary/aromatic N) is 3. The highest BCUT2D eigenvalue weighted by Gasteiger charge is 2.15. The Balaban J connectivity index is 1.88. The average molecular weight is 331 g/mol. The molecule has 5 nitrogen and oxygen atoms in total. The summed E-state index contributed by atoms with van der Waals surface area (Å²) >= 11 is 0. The lowest BCUT2D eigenvalue weighted by atomic mass is 10.1. The van der Waals surface area contributed by atoms with Crippen molar-refractivity contribution in [3.63, 3.8) is 0 Å². The largest absolute Gasteiger partial charge is 0.308 e. The lowest BCUT2D eigenvalue weighted by Crippen LogP contribution is -2.22. The summed E-state index contributed by atoms with van der Waals surface area (Å²) in [5, 5.41) is 0. The van der Waals surface area contributed by atoms with Gasteiger partial charge in [-0.2, -0.15) is 0 Å². The third-order valence-corrected chi connectivity index (χ3v) is 4.44. The normalized spacial score (nSPS) is 11.3. The van der Waals surface area contributed by atoms with Gasteiger partial charge in [0.1, 0.15) is 0 Å². The number of Topliss-reactive ketones (excluding diaryl/α,β-unsaturated/α-hetero) is 1. The molecule has 0 unspecified atom stereocenters. The van der Waals surface area contributed by atoms with Crippen LogP contribution >= 0.6 is 0 Å². The summed E-state index contributed by atoms with van der Waals surface area (Å²) in [4.78, 5) is 29.7. The van der Waals surface area contributed by atoms with E-state index in [0.717, 1.165) is 16.6 Å². The van der Waals surface area contributed by atoms with Crippen LogP contribution in [0.5, 0.6) is 0 Å². The van der Waals surface area contributed by atoms with Crippen LogP contribution in [0.25, 0.3) is 16.8 Å². The molecule has 2 aromatic heterocycles. The van der Waals surface area contributed by atoms with E-state index in [1.807, 2.05) is 62.4 Å². The number of aromatic nitrogens is 3. The molecule has 4 aromatic rings. The van der Waals surface area contributed by atoms with Gasteiger partial charge in [-0.25, -0.2) is 9.38 Å². The third kappa shape index (κ3) is 2.54. The Hall–Kier alpha value is -3.21. The first-order valence-electron chi connectivity index (χ1n) is 8.12. The minimum absolute atomic E-state index is 0.0132. The van der Waals surface area contributed by atoms with Gasteiger partial charge in [-0.3, -0.25) is 9.59 Å². The smallest absolute Gasteiger partial charge is 0.259 e. The first-order valence-corrected chi connectivity index (χ1v) is 8.12. The van der Waals surface area contributed by atoms with E-state index in [2.05, 4.69) is 4.98 Å². The van der Waals surface area contributed by atoms with Crippen molar-refractivity contribution in [1.29, 1.82) is 0 Å². The number of rotatable bonds is 3. The summed E-state index contributed by atoms with van der Waals surface area (Å²) in [6, 6.07) is 16.5. The molecule has 25 heavy (non-hydrogen) atoms. The summed E-state index contributed by atoms with van der Waals surface area (Å²) in [5.41, 5.74) is 3.82. The van der Waals surface area contributed by atoms with Crippen molar-refractivity contribution < 1.29 is 4.79 Å². The van der Waals surface area contributed by atoms with Gasteiger partial charge in [0.25, 0.3) is 5.56 Å². The molecular weight excluding hydrogens is 314 g/mol. The highest BCUT2D eigenvalue weighted by atomic mass is 16.1. The molecule has 124 valence electrons. The van der Waals surface area contributed by atoms with E-state index in [0.29, 0.717) is 17.0 Å². The van der Waals surface area contributed by atoms with Gasteiger partial charge in [0, 0.05) is 17.3 Å². The molecule has 2 aromatic carbocycles. The van der Waals surface area contributed by atoms with Gasteiger partial charge >= 0.3 is 0 Å². The van der Waals surface area contributed by atoms with Crippen LogP contribution in [0.1, 0.15) is 21.6 Å². The number of hydrogen-bond acceptors (Lipinski definition) is 3. The van der Waals surface area contributed by atoms with Crippen molar-refractivity contribution in [2.24, 2.45) is 0 Å². The topological polar surface area (TPSA) is 56.4 Å². The fourth-order valence-corrected chi connectivity index (χ4v) is 3.06. The number of carbonyl (C=O) groups is 1. The van der Waals surface area contributed by atoms with Crippen LogP contribution in [0.2, 0.25) is 0 Å². The Morgan fingerprint density at radius 3 is 2.52 bits per heavy atom. The highest BCUT2D eigenvalue weighted by Crippen LogP contribution is 2.16. The van der Waals surface area contributed by atoms with Crippen molar-refractivity contribution in [3.05, 3.63) is 81.8 Å². The number of fused-ring (bicyclic) bond motifs is 3. The molecule has 0 N–H and O–H groups in total. The van der Waals surface area contributed by atoms with Gasteiger partial charge in [0.05, 0.1) is 17.6 Å². The molecule has 0 aliphatic carbocycles. The van der Waals surface area contributed by atoms with E-state index in [4.69, 9.17) is 0 Å². The zero-order chi connectivity index (χ0) is 17.6. The maximum absolute atomic E-state index is 12.7. The standard InChI is InChI=1S/C20H17N3O2/c1-13-7-9-15(10-8-13)18(24)12-22-14(2)11-19(25)23-17-6-4-3-5-16(17)21-20(22)23/h3-11H,12H2,1-2H3. The summed E-state index contributed by atoms with van der Waals surface area (Å²) in [5.74, 6) is 0.479. The molecule has 0 fully saturated rings.